The van der Waals surface area contributed by atoms with Crippen LogP contribution in [0.15, 0.2) is 42.5 Å². The highest BCUT2D eigenvalue weighted by atomic mass is 16.5. The van der Waals surface area contributed by atoms with Crippen LogP contribution in [0.3, 0.4) is 0 Å². The largest absolute Gasteiger partial charge is 0.497 e. The Hall–Kier alpha value is -2.57. The van der Waals surface area contributed by atoms with E-state index in [1.165, 1.54) is 5.56 Å². The molecule has 1 saturated heterocycles. The van der Waals surface area contributed by atoms with Crippen molar-refractivity contribution in [3.05, 3.63) is 59.2 Å². The molecule has 6 nitrogen and oxygen atoms in total. The summed E-state index contributed by atoms with van der Waals surface area (Å²) in [7, 11) is 3.15. The molecule has 0 radical (unpaired) electrons. The molecule has 2 aromatic carbocycles. The van der Waals surface area contributed by atoms with Crippen LogP contribution in [0.5, 0.6) is 11.5 Å². The maximum Gasteiger partial charge on any atom is 0.255 e. The van der Waals surface area contributed by atoms with Crippen LogP contribution in [0.4, 0.5) is 0 Å². The molecular weight excluding hydrogens is 366 g/mol. The second kappa shape index (κ2) is 10.3. The molecule has 1 N–H and O–H groups in total. The Kier molecular flexibility index (Phi) is 7.49. The first-order chi connectivity index (χ1) is 14.1. The first kappa shape index (κ1) is 21.1. The summed E-state index contributed by atoms with van der Waals surface area (Å²) in [5.41, 5.74) is 2.91. The number of nitrogens with zero attached hydrogens (tertiary/aromatic N) is 2. The lowest BCUT2D eigenvalue weighted by Crippen LogP contribution is -2.45. The zero-order valence-corrected chi connectivity index (χ0v) is 17.6. The highest BCUT2D eigenvalue weighted by Crippen LogP contribution is 2.24. The lowest BCUT2D eigenvalue weighted by atomic mass is 10.1. The van der Waals surface area contributed by atoms with Crippen molar-refractivity contribution in [3.8, 4) is 11.5 Å². The minimum atomic E-state index is -0.157. The van der Waals surface area contributed by atoms with Crippen molar-refractivity contribution in [2.75, 3.05) is 46.9 Å². The van der Waals surface area contributed by atoms with Gasteiger partial charge in [-0.05, 0) is 29.8 Å². The smallest absolute Gasteiger partial charge is 0.255 e. The van der Waals surface area contributed by atoms with Gasteiger partial charge in [0.15, 0.2) is 0 Å². The molecule has 156 valence electrons. The number of piperazine rings is 1. The van der Waals surface area contributed by atoms with Gasteiger partial charge in [0.2, 0.25) is 0 Å². The van der Waals surface area contributed by atoms with Gasteiger partial charge in [0.1, 0.15) is 11.5 Å². The van der Waals surface area contributed by atoms with E-state index in [0.29, 0.717) is 23.6 Å². The van der Waals surface area contributed by atoms with Gasteiger partial charge < -0.3 is 19.7 Å². The Balaban J connectivity index is 1.63. The van der Waals surface area contributed by atoms with E-state index in [0.717, 1.165) is 44.8 Å². The average molecular weight is 398 g/mol. The predicted octanol–water partition coefficient (Wildman–Crippen LogP) is 2.77. The molecule has 29 heavy (non-hydrogen) atoms. The standard InChI is InChI=1S/C23H31N3O3/c1-4-25-11-13-26(14-12-25)17-19-8-6-5-7-18(19)16-24-23(27)21-10-9-20(28-2)15-22(21)29-3/h5-10,15H,4,11-14,16-17H2,1-3H3,(H,24,27). The number of ether oxygens (including phenoxy) is 2. The van der Waals surface area contributed by atoms with Gasteiger partial charge in [0, 0.05) is 45.3 Å². The van der Waals surface area contributed by atoms with Crippen LogP contribution in [0.1, 0.15) is 28.4 Å². The summed E-state index contributed by atoms with van der Waals surface area (Å²) in [6.45, 7) is 9.12. The summed E-state index contributed by atoms with van der Waals surface area (Å²) in [5.74, 6) is 1.01. The summed E-state index contributed by atoms with van der Waals surface area (Å²) >= 11 is 0. The van der Waals surface area contributed by atoms with E-state index in [9.17, 15) is 4.79 Å². The highest BCUT2D eigenvalue weighted by Gasteiger charge is 2.17. The van der Waals surface area contributed by atoms with Crippen LogP contribution in [0, 0.1) is 0 Å². The summed E-state index contributed by atoms with van der Waals surface area (Å²) in [4.78, 5) is 17.7. The van der Waals surface area contributed by atoms with Gasteiger partial charge in [-0.2, -0.15) is 0 Å². The van der Waals surface area contributed by atoms with Gasteiger partial charge in [-0.25, -0.2) is 0 Å². The predicted molar refractivity (Wildman–Crippen MR) is 115 cm³/mol. The van der Waals surface area contributed by atoms with Crippen molar-refractivity contribution < 1.29 is 14.3 Å². The fourth-order valence-electron chi connectivity index (χ4n) is 3.65. The molecule has 1 aliphatic rings. The van der Waals surface area contributed by atoms with Crippen LogP contribution in [0.25, 0.3) is 0 Å². The number of methoxy groups -OCH3 is 2. The quantitative estimate of drug-likeness (QED) is 0.742. The van der Waals surface area contributed by atoms with Gasteiger partial charge in [0.05, 0.1) is 19.8 Å². The van der Waals surface area contributed by atoms with E-state index in [1.54, 1.807) is 32.4 Å². The van der Waals surface area contributed by atoms with Gasteiger partial charge >= 0.3 is 0 Å². The molecule has 1 aliphatic heterocycles. The monoisotopic (exact) mass is 397 g/mol. The molecule has 3 rings (SSSR count). The number of nitrogens with one attached hydrogen (secondary N) is 1. The average Bonchev–Trinajstić information content (AvgIpc) is 2.78. The Morgan fingerprint density at radius 2 is 1.66 bits per heavy atom. The van der Waals surface area contributed by atoms with Crippen LogP contribution in [-0.2, 0) is 13.1 Å². The minimum absolute atomic E-state index is 0.157. The second-order valence-corrected chi connectivity index (χ2v) is 7.23. The highest BCUT2D eigenvalue weighted by molar-refractivity contribution is 5.97. The van der Waals surface area contributed by atoms with Crippen molar-refractivity contribution in [2.24, 2.45) is 0 Å². The first-order valence-electron chi connectivity index (χ1n) is 10.2. The van der Waals surface area contributed by atoms with Crippen LogP contribution < -0.4 is 14.8 Å². The van der Waals surface area contributed by atoms with E-state index < -0.39 is 0 Å². The molecule has 6 heteroatoms. The maximum absolute atomic E-state index is 12.7. The Morgan fingerprint density at radius 3 is 2.31 bits per heavy atom. The van der Waals surface area contributed by atoms with E-state index in [2.05, 4.69) is 40.2 Å². The third kappa shape index (κ3) is 5.49. The molecule has 0 unspecified atom stereocenters. The van der Waals surface area contributed by atoms with Gasteiger partial charge in [-0.1, -0.05) is 31.2 Å². The molecule has 0 saturated carbocycles. The number of likely N-dealkylation sites (N-methyl/N-ethyl adjacent to an activating group) is 1. The molecule has 1 fully saturated rings. The molecule has 0 aliphatic carbocycles. The summed E-state index contributed by atoms with van der Waals surface area (Å²) in [6.07, 6.45) is 0. The van der Waals surface area contributed by atoms with Crippen LogP contribution in [0.2, 0.25) is 0 Å². The molecule has 0 bridgehead atoms. The number of hydrogen-bond donors (Lipinski definition) is 1. The summed E-state index contributed by atoms with van der Waals surface area (Å²) in [5, 5.41) is 3.03. The van der Waals surface area contributed by atoms with E-state index in [1.807, 2.05) is 6.07 Å². The number of carbonyl (C=O) groups excluding carboxylic acids is 1. The summed E-state index contributed by atoms with van der Waals surface area (Å²) in [6, 6.07) is 13.5. The van der Waals surface area contributed by atoms with E-state index >= 15 is 0 Å². The molecule has 1 heterocycles. The minimum Gasteiger partial charge on any atom is -0.497 e. The SMILES string of the molecule is CCN1CCN(Cc2ccccc2CNC(=O)c2ccc(OC)cc2OC)CC1. The third-order valence-electron chi connectivity index (χ3n) is 5.52. The van der Waals surface area contributed by atoms with E-state index in [4.69, 9.17) is 9.47 Å². The van der Waals surface area contributed by atoms with Crippen LogP contribution >= 0.6 is 0 Å². The molecule has 0 atom stereocenters. The number of hydrogen-bond acceptors (Lipinski definition) is 5. The Morgan fingerprint density at radius 1 is 0.966 bits per heavy atom. The molecule has 0 aromatic heterocycles. The van der Waals surface area contributed by atoms with Crippen molar-refractivity contribution in [2.45, 2.75) is 20.0 Å². The zero-order chi connectivity index (χ0) is 20.6. The summed E-state index contributed by atoms with van der Waals surface area (Å²) < 4.78 is 10.6. The van der Waals surface area contributed by atoms with Crippen molar-refractivity contribution in [1.82, 2.24) is 15.1 Å². The molecule has 2 aromatic rings. The third-order valence-corrected chi connectivity index (χ3v) is 5.52. The molecule has 1 amide bonds. The fraction of sp³-hybridized carbons (Fsp3) is 0.435. The van der Waals surface area contributed by atoms with Crippen LogP contribution in [-0.4, -0.2) is 62.7 Å². The maximum atomic E-state index is 12.7. The van der Waals surface area contributed by atoms with Gasteiger partial charge in [-0.3, -0.25) is 9.69 Å². The Labute approximate surface area is 173 Å². The first-order valence-corrected chi connectivity index (χ1v) is 10.2. The number of benzene rings is 2. The van der Waals surface area contributed by atoms with Gasteiger partial charge in [-0.15, -0.1) is 0 Å². The number of carbonyl (C=O) groups is 1. The van der Waals surface area contributed by atoms with Crippen molar-refractivity contribution in [3.63, 3.8) is 0 Å². The topological polar surface area (TPSA) is 54.0 Å². The number of rotatable bonds is 8. The zero-order valence-electron chi connectivity index (χ0n) is 17.6. The normalized spacial score (nSPS) is 15.1. The van der Waals surface area contributed by atoms with E-state index in [-0.39, 0.29) is 5.91 Å². The van der Waals surface area contributed by atoms with Crippen molar-refractivity contribution in [1.29, 1.82) is 0 Å². The molecule has 0 spiro atoms. The number of amides is 1. The fourth-order valence-corrected chi connectivity index (χ4v) is 3.65. The molecular formula is C23H31N3O3. The van der Waals surface area contributed by atoms with Gasteiger partial charge in [0.25, 0.3) is 5.91 Å². The lowest BCUT2D eigenvalue weighted by Gasteiger charge is -2.34. The van der Waals surface area contributed by atoms with Crippen molar-refractivity contribution >= 4 is 5.91 Å². The lowest BCUT2D eigenvalue weighted by molar-refractivity contribution is 0.0947. The second-order valence-electron chi connectivity index (χ2n) is 7.23. The Bertz CT molecular complexity index is 817.